The molecule has 2 amide bonds. The number of hydrogen-bond acceptors (Lipinski definition) is 6. The van der Waals surface area contributed by atoms with Gasteiger partial charge in [0.05, 0.1) is 6.42 Å². The summed E-state index contributed by atoms with van der Waals surface area (Å²) < 4.78 is 5.47. The van der Waals surface area contributed by atoms with Crippen molar-refractivity contribution in [2.45, 2.75) is 31.2 Å². The summed E-state index contributed by atoms with van der Waals surface area (Å²) in [6.45, 7) is 0.591. The number of carboxylic acids is 1. The molecule has 1 aliphatic heterocycles. The van der Waals surface area contributed by atoms with E-state index in [9.17, 15) is 14.4 Å². The number of carbonyl (C=O) groups is 3. The van der Waals surface area contributed by atoms with Gasteiger partial charge in [0, 0.05) is 18.5 Å². The minimum absolute atomic E-state index is 0.0637. The second-order valence-electron chi connectivity index (χ2n) is 8.35. The summed E-state index contributed by atoms with van der Waals surface area (Å²) in [5, 5.41) is 17.9. The van der Waals surface area contributed by atoms with Gasteiger partial charge < -0.3 is 14.7 Å². The van der Waals surface area contributed by atoms with Gasteiger partial charge >= 0.3 is 12.1 Å². The summed E-state index contributed by atoms with van der Waals surface area (Å²) in [5.41, 5.74) is 4.47. The fourth-order valence-electron chi connectivity index (χ4n) is 4.79. The molecule has 3 N–H and O–H groups in total. The summed E-state index contributed by atoms with van der Waals surface area (Å²) >= 11 is 0. The predicted octanol–water partition coefficient (Wildman–Crippen LogP) is 3.25. The first-order chi connectivity index (χ1) is 16.5. The first-order valence-electron chi connectivity index (χ1n) is 11.1. The van der Waals surface area contributed by atoms with Gasteiger partial charge in [-0.15, -0.1) is 5.10 Å². The van der Waals surface area contributed by atoms with Gasteiger partial charge in [-0.25, -0.2) is 4.79 Å². The third-order valence-corrected chi connectivity index (χ3v) is 6.29. The number of nitrogens with one attached hydrogen (secondary N) is 2. The van der Waals surface area contributed by atoms with E-state index in [0.717, 1.165) is 28.7 Å². The fourth-order valence-corrected chi connectivity index (χ4v) is 4.79. The van der Waals surface area contributed by atoms with Crippen molar-refractivity contribution in [1.29, 1.82) is 0 Å². The van der Waals surface area contributed by atoms with Crippen LogP contribution in [0, 0.1) is 0 Å². The van der Waals surface area contributed by atoms with E-state index in [1.54, 1.807) is 0 Å². The number of aliphatic carboxylic acids is 1. The average Bonchev–Trinajstić information content (AvgIpc) is 3.55. The highest BCUT2D eigenvalue weighted by molar-refractivity contribution is 5.92. The summed E-state index contributed by atoms with van der Waals surface area (Å²) in [4.78, 5) is 41.7. The van der Waals surface area contributed by atoms with Crippen LogP contribution in [0.15, 0.2) is 48.5 Å². The molecule has 0 spiro atoms. The Bertz CT molecular complexity index is 1210. The molecule has 1 fully saturated rings. The predicted molar refractivity (Wildman–Crippen MR) is 121 cm³/mol. The number of aromatic amines is 1. The van der Waals surface area contributed by atoms with Gasteiger partial charge in [0.15, 0.2) is 0 Å². The average molecular weight is 461 g/mol. The molecular formula is C24H23N5O5. The second kappa shape index (κ2) is 8.97. The van der Waals surface area contributed by atoms with Gasteiger partial charge in [0.1, 0.15) is 6.61 Å². The van der Waals surface area contributed by atoms with Crippen LogP contribution in [0.2, 0.25) is 0 Å². The van der Waals surface area contributed by atoms with Crippen LogP contribution in [0.1, 0.15) is 46.9 Å². The van der Waals surface area contributed by atoms with Crippen LogP contribution in [0.3, 0.4) is 0 Å². The molecule has 1 atom stereocenters. The van der Waals surface area contributed by atoms with Crippen LogP contribution in [-0.2, 0) is 9.53 Å². The fraction of sp³-hybridized carbons (Fsp3) is 0.292. The Balaban J connectivity index is 1.21. The lowest BCUT2D eigenvalue weighted by Gasteiger charge is -2.21. The molecule has 1 aromatic heterocycles. The maximum Gasteiger partial charge on any atom is 0.414 e. The highest BCUT2D eigenvalue weighted by Crippen LogP contribution is 2.44. The zero-order chi connectivity index (χ0) is 23.7. The summed E-state index contributed by atoms with van der Waals surface area (Å²) in [5.74, 6) is -1.64. The number of nitrogens with zero attached hydrogens (tertiary/aromatic N) is 3. The lowest BCUT2D eigenvalue weighted by atomic mass is 9.98. The molecule has 10 nitrogen and oxygen atoms in total. The number of H-pyrrole nitrogens is 1. The Morgan fingerprint density at radius 3 is 2.44 bits per heavy atom. The third kappa shape index (κ3) is 4.09. The number of ether oxygens (including phenoxy) is 1. The standard InChI is InChI=1S/C24H23N5O5/c30-20(31)12-14-6-5-11-29(14)22(32)21-25-23(28-27-21)26-24(33)34-13-19-17-9-3-1-7-15(17)16-8-2-4-10-18(16)19/h1-4,7-10,14,19H,5-6,11-13H2,(H,30,31)(H2,25,26,27,28,33). The topological polar surface area (TPSA) is 138 Å². The lowest BCUT2D eigenvalue weighted by Crippen LogP contribution is -2.37. The molecule has 1 saturated heterocycles. The van der Waals surface area contributed by atoms with Gasteiger partial charge in [-0.1, -0.05) is 48.5 Å². The number of hydrogen-bond donors (Lipinski definition) is 3. The van der Waals surface area contributed by atoms with Crippen LogP contribution in [0.5, 0.6) is 0 Å². The van der Waals surface area contributed by atoms with Crippen molar-refractivity contribution in [3.05, 3.63) is 65.5 Å². The maximum absolute atomic E-state index is 12.7. The Morgan fingerprint density at radius 2 is 1.76 bits per heavy atom. The molecule has 1 aliphatic carbocycles. The Labute approximate surface area is 195 Å². The van der Waals surface area contributed by atoms with Gasteiger partial charge in [0.25, 0.3) is 11.9 Å². The van der Waals surface area contributed by atoms with E-state index in [-0.39, 0.29) is 36.8 Å². The summed E-state index contributed by atoms with van der Waals surface area (Å²) in [7, 11) is 0. The monoisotopic (exact) mass is 461 g/mol. The highest BCUT2D eigenvalue weighted by atomic mass is 16.5. The van der Waals surface area contributed by atoms with Crippen LogP contribution < -0.4 is 5.32 Å². The number of carbonyl (C=O) groups excluding carboxylic acids is 2. The first-order valence-corrected chi connectivity index (χ1v) is 11.1. The van der Waals surface area contributed by atoms with Crippen LogP contribution >= 0.6 is 0 Å². The van der Waals surface area contributed by atoms with Crippen molar-refractivity contribution < 1.29 is 24.2 Å². The minimum Gasteiger partial charge on any atom is -0.481 e. The van der Waals surface area contributed by atoms with Crippen molar-refractivity contribution in [2.24, 2.45) is 0 Å². The molecular weight excluding hydrogens is 438 g/mol. The molecule has 2 aromatic carbocycles. The van der Waals surface area contributed by atoms with Crippen molar-refractivity contribution >= 4 is 23.9 Å². The molecule has 10 heteroatoms. The van der Waals surface area contributed by atoms with Crippen molar-refractivity contribution in [1.82, 2.24) is 20.1 Å². The highest BCUT2D eigenvalue weighted by Gasteiger charge is 2.33. The number of benzene rings is 2. The summed E-state index contributed by atoms with van der Waals surface area (Å²) in [6.07, 6.45) is 0.495. The lowest BCUT2D eigenvalue weighted by molar-refractivity contribution is -0.137. The van der Waals surface area contributed by atoms with E-state index in [1.807, 2.05) is 36.4 Å². The third-order valence-electron chi connectivity index (χ3n) is 6.29. The molecule has 0 saturated carbocycles. The summed E-state index contributed by atoms with van der Waals surface area (Å²) in [6, 6.07) is 15.7. The van der Waals surface area contributed by atoms with Gasteiger partial charge in [0.2, 0.25) is 5.82 Å². The smallest absolute Gasteiger partial charge is 0.414 e. The van der Waals surface area contributed by atoms with E-state index in [0.29, 0.717) is 13.0 Å². The Hall–Kier alpha value is -4.21. The quantitative estimate of drug-likeness (QED) is 0.512. The first kappa shape index (κ1) is 21.6. The molecule has 34 heavy (non-hydrogen) atoms. The molecule has 2 heterocycles. The van der Waals surface area contributed by atoms with Gasteiger partial charge in [-0.3, -0.25) is 20.0 Å². The zero-order valence-electron chi connectivity index (χ0n) is 18.2. The molecule has 3 aromatic rings. The Kier molecular flexibility index (Phi) is 5.70. The van der Waals surface area contributed by atoms with Crippen LogP contribution in [0.4, 0.5) is 10.7 Å². The zero-order valence-corrected chi connectivity index (χ0v) is 18.2. The van der Waals surface area contributed by atoms with Gasteiger partial charge in [-0.2, -0.15) is 4.98 Å². The number of likely N-dealkylation sites (tertiary alicyclic amines) is 1. The Morgan fingerprint density at radius 1 is 1.09 bits per heavy atom. The normalized spacial score (nSPS) is 16.7. The second-order valence-corrected chi connectivity index (χ2v) is 8.35. The number of anilines is 1. The largest absolute Gasteiger partial charge is 0.481 e. The number of aromatic nitrogens is 3. The van der Waals surface area contributed by atoms with E-state index in [1.165, 1.54) is 4.90 Å². The van der Waals surface area contributed by atoms with E-state index in [2.05, 4.69) is 32.6 Å². The molecule has 0 bridgehead atoms. The van der Waals surface area contributed by atoms with Crippen molar-refractivity contribution in [2.75, 3.05) is 18.5 Å². The van der Waals surface area contributed by atoms with E-state index in [4.69, 9.17) is 9.84 Å². The molecule has 1 unspecified atom stereocenters. The van der Waals surface area contributed by atoms with Crippen molar-refractivity contribution in [3.8, 4) is 11.1 Å². The maximum atomic E-state index is 12.7. The van der Waals surface area contributed by atoms with E-state index < -0.39 is 18.0 Å². The minimum atomic E-state index is -0.958. The number of amides is 2. The van der Waals surface area contributed by atoms with Crippen LogP contribution in [-0.4, -0.2) is 62.4 Å². The SMILES string of the molecule is O=C(O)CC1CCCN1C(=O)c1nc(NC(=O)OCC2c3ccccc3-c3ccccc32)n[nH]1. The van der Waals surface area contributed by atoms with Crippen molar-refractivity contribution in [3.63, 3.8) is 0 Å². The van der Waals surface area contributed by atoms with Gasteiger partial charge in [-0.05, 0) is 35.1 Å². The van der Waals surface area contributed by atoms with Crippen LogP contribution in [0.25, 0.3) is 11.1 Å². The molecule has 174 valence electrons. The number of rotatable bonds is 6. The molecule has 0 radical (unpaired) electrons. The number of carboxylic acid groups (broad SMARTS) is 1. The number of fused-ring (bicyclic) bond motifs is 3. The molecule has 5 rings (SSSR count). The molecule has 2 aliphatic rings. The van der Waals surface area contributed by atoms with E-state index >= 15 is 0 Å².